The molecule has 1 aromatic carbocycles. The molecule has 4 heteroatoms. The maximum atomic E-state index is 5.79. The smallest absolute Gasteiger partial charge is 0.123 e. The van der Waals surface area contributed by atoms with Crippen LogP contribution < -0.4 is 15.2 Å². The van der Waals surface area contributed by atoms with Gasteiger partial charge in [-0.15, -0.1) is 12.4 Å². The van der Waals surface area contributed by atoms with Gasteiger partial charge in [0.1, 0.15) is 18.1 Å². The summed E-state index contributed by atoms with van der Waals surface area (Å²) < 4.78 is 11.4. The zero-order valence-corrected chi connectivity index (χ0v) is 11.7. The molecule has 0 unspecified atom stereocenters. The van der Waals surface area contributed by atoms with E-state index in [4.69, 9.17) is 15.2 Å². The standard InChI is InChI=1S/C15H19NO2.ClH/c1-2-6-17-14-4-3-13-11(5-7-18-13)15(14)12-8-10(12)9-16;/h2-4,10,12H,1,5-9,16H2;1H/t10-,12+;/m1./s1. The molecule has 1 aliphatic heterocycles. The van der Waals surface area contributed by atoms with Crippen LogP contribution in [0.2, 0.25) is 0 Å². The monoisotopic (exact) mass is 281 g/mol. The number of hydrogen-bond donors (Lipinski definition) is 1. The highest BCUT2D eigenvalue weighted by molar-refractivity contribution is 5.85. The number of benzene rings is 1. The number of hydrogen-bond acceptors (Lipinski definition) is 3. The second-order valence-corrected chi connectivity index (χ2v) is 4.99. The highest BCUT2D eigenvalue weighted by Gasteiger charge is 2.41. The first kappa shape index (κ1) is 14.2. The first-order valence-electron chi connectivity index (χ1n) is 6.57. The third kappa shape index (κ3) is 2.58. The number of ether oxygens (including phenoxy) is 2. The van der Waals surface area contributed by atoms with Crippen LogP contribution in [0.3, 0.4) is 0 Å². The molecule has 0 bridgehead atoms. The lowest BCUT2D eigenvalue weighted by atomic mass is 9.98. The fraction of sp³-hybridized carbons (Fsp3) is 0.467. The summed E-state index contributed by atoms with van der Waals surface area (Å²) in [4.78, 5) is 0. The maximum Gasteiger partial charge on any atom is 0.123 e. The van der Waals surface area contributed by atoms with Crippen molar-refractivity contribution in [1.29, 1.82) is 0 Å². The highest BCUT2D eigenvalue weighted by atomic mass is 35.5. The van der Waals surface area contributed by atoms with Crippen molar-refractivity contribution in [3.63, 3.8) is 0 Å². The van der Waals surface area contributed by atoms with Crippen LogP contribution in [0.25, 0.3) is 0 Å². The molecule has 2 atom stereocenters. The van der Waals surface area contributed by atoms with E-state index in [9.17, 15) is 0 Å². The molecule has 3 nitrogen and oxygen atoms in total. The zero-order valence-electron chi connectivity index (χ0n) is 10.9. The van der Waals surface area contributed by atoms with Crippen molar-refractivity contribution in [3.05, 3.63) is 35.9 Å². The summed E-state index contributed by atoms with van der Waals surface area (Å²) >= 11 is 0. The Morgan fingerprint density at radius 2 is 2.32 bits per heavy atom. The van der Waals surface area contributed by atoms with Crippen LogP contribution >= 0.6 is 12.4 Å². The summed E-state index contributed by atoms with van der Waals surface area (Å²) in [6.07, 6.45) is 3.95. The normalized spacial score (nSPS) is 23.0. The Hall–Kier alpha value is -1.19. The predicted octanol–water partition coefficient (Wildman–Crippen LogP) is 2.67. The molecule has 3 rings (SSSR count). The van der Waals surface area contributed by atoms with Gasteiger partial charge in [-0.25, -0.2) is 0 Å². The van der Waals surface area contributed by atoms with Crippen molar-refractivity contribution in [2.24, 2.45) is 11.7 Å². The van der Waals surface area contributed by atoms with Crippen molar-refractivity contribution in [1.82, 2.24) is 0 Å². The summed E-state index contributed by atoms with van der Waals surface area (Å²) in [5.41, 5.74) is 8.44. The lowest BCUT2D eigenvalue weighted by Gasteiger charge is -2.14. The van der Waals surface area contributed by atoms with Gasteiger partial charge >= 0.3 is 0 Å². The van der Waals surface area contributed by atoms with Gasteiger partial charge in [-0.1, -0.05) is 12.7 Å². The second-order valence-electron chi connectivity index (χ2n) is 4.99. The van der Waals surface area contributed by atoms with E-state index in [1.807, 2.05) is 12.1 Å². The molecule has 0 amide bonds. The largest absolute Gasteiger partial charge is 0.493 e. The van der Waals surface area contributed by atoms with Crippen molar-refractivity contribution in [2.75, 3.05) is 19.8 Å². The van der Waals surface area contributed by atoms with E-state index in [1.165, 1.54) is 17.5 Å². The Kier molecular flexibility index (Phi) is 4.38. The number of halogens is 1. The molecule has 1 aromatic rings. The number of fused-ring (bicyclic) bond motifs is 1. The van der Waals surface area contributed by atoms with Crippen LogP contribution in [0.4, 0.5) is 0 Å². The molecule has 0 spiro atoms. The van der Waals surface area contributed by atoms with Crippen LogP contribution in [-0.2, 0) is 6.42 Å². The van der Waals surface area contributed by atoms with E-state index >= 15 is 0 Å². The minimum atomic E-state index is 0. The van der Waals surface area contributed by atoms with Crippen molar-refractivity contribution in [2.45, 2.75) is 18.8 Å². The molecular formula is C15H20ClNO2. The molecule has 2 aliphatic rings. The lowest BCUT2D eigenvalue weighted by molar-refractivity contribution is 0.352. The molecule has 1 aliphatic carbocycles. The Labute approximate surface area is 120 Å². The Morgan fingerprint density at radius 1 is 1.47 bits per heavy atom. The van der Waals surface area contributed by atoms with Gasteiger partial charge in [0.25, 0.3) is 0 Å². The van der Waals surface area contributed by atoms with Crippen molar-refractivity contribution < 1.29 is 9.47 Å². The molecule has 2 N–H and O–H groups in total. The summed E-state index contributed by atoms with van der Waals surface area (Å²) in [5, 5.41) is 0. The van der Waals surface area contributed by atoms with Gasteiger partial charge in [0.15, 0.2) is 0 Å². The number of nitrogens with two attached hydrogens (primary N) is 1. The molecule has 19 heavy (non-hydrogen) atoms. The third-order valence-corrected chi connectivity index (χ3v) is 3.84. The quantitative estimate of drug-likeness (QED) is 0.844. The van der Waals surface area contributed by atoms with Crippen molar-refractivity contribution >= 4 is 12.4 Å². The fourth-order valence-electron chi connectivity index (χ4n) is 2.82. The van der Waals surface area contributed by atoms with Gasteiger partial charge in [0.2, 0.25) is 0 Å². The third-order valence-electron chi connectivity index (χ3n) is 3.84. The minimum Gasteiger partial charge on any atom is -0.493 e. The molecule has 104 valence electrons. The van der Waals surface area contributed by atoms with Crippen LogP contribution in [0.1, 0.15) is 23.5 Å². The van der Waals surface area contributed by atoms with E-state index in [0.717, 1.165) is 31.1 Å². The Bertz CT molecular complexity index is 475. The van der Waals surface area contributed by atoms with E-state index in [-0.39, 0.29) is 12.4 Å². The zero-order chi connectivity index (χ0) is 12.5. The first-order valence-corrected chi connectivity index (χ1v) is 6.57. The van der Waals surface area contributed by atoms with Crippen molar-refractivity contribution in [3.8, 4) is 11.5 Å². The van der Waals surface area contributed by atoms with Gasteiger partial charge in [0.05, 0.1) is 6.61 Å². The van der Waals surface area contributed by atoms with Gasteiger partial charge < -0.3 is 15.2 Å². The molecule has 1 saturated carbocycles. The number of rotatable bonds is 5. The minimum absolute atomic E-state index is 0. The molecule has 0 aromatic heterocycles. The molecule has 1 fully saturated rings. The van der Waals surface area contributed by atoms with E-state index < -0.39 is 0 Å². The van der Waals surface area contributed by atoms with Gasteiger partial charge in [-0.2, -0.15) is 0 Å². The summed E-state index contributed by atoms with van der Waals surface area (Å²) in [6, 6.07) is 4.04. The van der Waals surface area contributed by atoms with Gasteiger partial charge in [-0.3, -0.25) is 0 Å². The average molecular weight is 282 g/mol. The van der Waals surface area contributed by atoms with E-state index in [1.54, 1.807) is 6.08 Å². The molecule has 0 radical (unpaired) electrons. The maximum absolute atomic E-state index is 5.79. The SMILES string of the molecule is C=CCOc1ccc2c(c1[C@H]1C[C@@H]1CN)CCO2.Cl. The van der Waals surface area contributed by atoms with Gasteiger partial charge in [0, 0.05) is 17.5 Å². The highest BCUT2D eigenvalue weighted by Crippen LogP contribution is 2.53. The molecular weight excluding hydrogens is 262 g/mol. The summed E-state index contributed by atoms with van der Waals surface area (Å²) in [5.74, 6) is 3.19. The Balaban J connectivity index is 0.00000133. The van der Waals surface area contributed by atoms with Crippen LogP contribution in [0.15, 0.2) is 24.8 Å². The summed E-state index contributed by atoms with van der Waals surface area (Å²) in [6.45, 7) is 5.79. The van der Waals surface area contributed by atoms with Crippen LogP contribution in [0, 0.1) is 5.92 Å². The summed E-state index contributed by atoms with van der Waals surface area (Å²) in [7, 11) is 0. The average Bonchev–Trinajstić information content (AvgIpc) is 3.02. The molecule has 0 saturated heterocycles. The first-order chi connectivity index (χ1) is 8.85. The van der Waals surface area contributed by atoms with E-state index in [0.29, 0.717) is 18.4 Å². The van der Waals surface area contributed by atoms with Gasteiger partial charge in [-0.05, 0) is 36.9 Å². The molecule has 1 heterocycles. The topological polar surface area (TPSA) is 44.5 Å². The lowest BCUT2D eigenvalue weighted by Crippen LogP contribution is -2.05. The predicted molar refractivity (Wildman–Crippen MR) is 78.5 cm³/mol. The van der Waals surface area contributed by atoms with Crippen LogP contribution in [0.5, 0.6) is 11.5 Å². The van der Waals surface area contributed by atoms with E-state index in [2.05, 4.69) is 6.58 Å². The Morgan fingerprint density at radius 3 is 3.00 bits per heavy atom. The fourth-order valence-corrected chi connectivity index (χ4v) is 2.82. The second kappa shape index (κ2) is 5.85. The van der Waals surface area contributed by atoms with Crippen LogP contribution in [-0.4, -0.2) is 19.8 Å².